The number of para-hydroxylation sites is 1. The van der Waals surface area contributed by atoms with Crippen LogP contribution in [0, 0.1) is 5.92 Å². The van der Waals surface area contributed by atoms with Crippen molar-refractivity contribution >= 4 is 5.91 Å². The molecule has 0 radical (unpaired) electrons. The van der Waals surface area contributed by atoms with Gasteiger partial charge in [-0.2, -0.15) is 0 Å². The number of rotatable bonds is 5. The second kappa shape index (κ2) is 7.46. The smallest absolute Gasteiger partial charge is 0.225 e. The highest BCUT2D eigenvalue weighted by Gasteiger charge is 2.26. The minimum Gasteiger partial charge on any atom is -0.496 e. The fourth-order valence-electron chi connectivity index (χ4n) is 2.90. The minimum absolute atomic E-state index is 0.170. The summed E-state index contributed by atoms with van der Waals surface area (Å²) in [6.07, 6.45) is 2.71. The largest absolute Gasteiger partial charge is 0.496 e. The van der Waals surface area contributed by atoms with Crippen LogP contribution in [0.4, 0.5) is 0 Å². The Hall–Kier alpha value is -1.55. The number of hydrogen-bond donors (Lipinski definition) is 1. The number of amides is 1. The van der Waals surface area contributed by atoms with Gasteiger partial charge in [0.15, 0.2) is 0 Å². The Morgan fingerprint density at radius 2 is 2.05 bits per heavy atom. The van der Waals surface area contributed by atoms with Crippen molar-refractivity contribution in [1.82, 2.24) is 10.2 Å². The van der Waals surface area contributed by atoms with Crippen molar-refractivity contribution in [3.8, 4) is 5.75 Å². The molecular formula is C17H26N2O2. The predicted octanol–water partition coefficient (Wildman–Crippen LogP) is 2.08. The highest BCUT2D eigenvalue weighted by atomic mass is 16.5. The van der Waals surface area contributed by atoms with E-state index in [0.29, 0.717) is 0 Å². The van der Waals surface area contributed by atoms with E-state index in [1.807, 2.05) is 30.1 Å². The number of nitrogens with zero attached hydrogens (tertiary/aromatic N) is 1. The SMILES string of the molecule is COc1ccccc1CC(C)N(C)C(=O)C1CCNCC1. The summed E-state index contributed by atoms with van der Waals surface area (Å²) < 4.78 is 5.39. The summed E-state index contributed by atoms with van der Waals surface area (Å²) in [5, 5.41) is 3.31. The fraction of sp³-hybridized carbons (Fsp3) is 0.588. The number of nitrogens with one attached hydrogen (secondary N) is 1. The third-order valence-corrected chi connectivity index (χ3v) is 4.41. The number of ether oxygens (including phenoxy) is 1. The molecule has 1 heterocycles. The molecule has 1 amide bonds. The zero-order valence-electron chi connectivity index (χ0n) is 13.3. The predicted molar refractivity (Wildman–Crippen MR) is 84.5 cm³/mol. The molecule has 1 aliphatic heterocycles. The molecule has 4 nitrogen and oxygen atoms in total. The molecule has 1 unspecified atom stereocenters. The van der Waals surface area contributed by atoms with E-state index in [0.717, 1.165) is 43.7 Å². The molecule has 116 valence electrons. The van der Waals surface area contributed by atoms with Crippen LogP contribution in [0.25, 0.3) is 0 Å². The highest BCUT2D eigenvalue weighted by Crippen LogP contribution is 2.22. The third-order valence-electron chi connectivity index (χ3n) is 4.41. The molecule has 1 aliphatic rings. The van der Waals surface area contributed by atoms with Gasteiger partial charge in [-0.1, -0.05) is 18.2 Å². The molecule has 0 saturated carbocycles. The molecule has 1 saturated heterocycles. The van der Waals surface area contributed by atoms with Crippen LogP contribution in [0.5, 0.6) is 5.75 Å². The summed E-state index contributed by atoms with van der Waals surface area (Å²) in [6.45, 7) is 4.00. The van der Waals surface area contributed by atoms with E-state index in [1.165, 1.54) is 0 Å². The van der Waals surface area contributed by atoms with Crippen LogP contribution in [0.2, 0.25) is 0 Å². The summed E-state index contributed by atoms with van der Waals surface area (Å²) in [7, 11) is 3.61. The maximum Gasteiger partial charge on any atom is 0.225 e. The van der Waals surface area contributed by atoms with Crippen molar-refractivity contribution in [3.05, 3.63) is 29.8 Å². The molecule has 4 heteroatoms. The second-order valence-electron chi connectivity index (χ2n) is 5.84. The highest BCUT2D eigenvalue weighted by molar-refractivity contribution is 5.79. The number of piperidine rings is 1. The third kappa shape index (κ3) is 3.97. The van der Waals surface area contributed by atoms with E-state index in [9.17, 15) is 4.79 Å². The maximum absolute atomic E-state index is 12.6. The van der Waals surface area contributed by atoms with Gasteiger partial charge in [-0.3, -0.25) is 4.79 Å². The Morgan fingerprint density at radius 3 is 2.71 bits per heavy atom. The van der Waals surface area contributed by atoms with Crippen molar-refractivity contribution in [3.63, 3.8) is 0 Å². The molecule has 0 spiro atoms. The molecule has 1 atom stereocenters. The van der Waals surface area contributed by atoms with Gasteiger partial charge in [-0.25, -0.2) is 0 Å². The van der Waals surface area contributed by atoms with Crippen LogP contribution in [0.15, 0.2) is 24.3 Å². The van der Waals surface area contributed by atoms with E-state index in [-0.39, 0.29) is 17.9 Å². The van der Waals surface area contributed by atoms with Gasteiger partial charge in [-0.15, -0.1) is 0 Å². The van der Waals surface area contributed by atoms with Crippen LogP contribution in [0.3, 0.4) is 0 Å². The first-order valence-electron chi connectivity index (χ1n) is 7.72. The van der Waals surface area contributed by atoms with Gasteiger partial charge in [0.2, 0.25) is 5.91 Å². The lowest BCUT2D eigenvalue weighted by atomic mass is 9.95. The molecule has 2 rings (SSSR count). The average Bonchev–Trinajstić information content (AvgIpc) is 2.54. The normalized spacial score (nSPS) is 17.3. The monoisotopic (exact) mass is 290 g/mol. The molecule has 0 bridgehead atoms. The van der Waals surface area contributed by atoms with Crippen molar-refractivity contribution in [2.45, 2.75) is 32.2 Å². The molecule has 0 aliphatic carbocycles. The maximum atomic E-state index is 12.6. The van der Waals surface area contributed by atoms with E-state index >= 15 is 0 Å². The van der Waals surface area contributed by atoms with Gasteiger partial charge in [0.05, 0.1) is 7.11 Å². The van der Waals surface area contributed by atoms with E-state index in [1.54, 1.807) is 7.11 Å². The molecule has 21 heavy (non-hydrogen) atoms. The number of methoxy groups -OCH3 is 1. The summed E-state index contributed by atoms with van der Waals surface area (Å²) in [5.41, 5.74) is 1.15. The average molecular weight is 290 g/mol. The minimum atomic E-state index is 0.170. The van der Waals surface area contributed by atoms with Crippen molar-refractivity contribution in [2.24, 2.45) is 5.92 Å². The molecule has 1 fully saturated rings. The van der Waals surface area contributed by atoms with Crippen molar-refractivity contribution in [1.29, 1.82) is 0 Å². The summed E-state index contributed by atoms with van der Waals surface area (Å²) in [4.78, 5) is 14.5. The quantitative estimate of drug-likeness (QED) is 0.903. The van der Waals surface area contributed by atoms with Crippen LogP contribution in [0.1, 0.15) is 25.3 Å². The van der Waals surface area contributed by atoms with Gasteiger partial charge < -0.3 is 15.0 Å². The molecule has 1 aromatic carbocycles. The van der Waals surface area contributed by atoms with Gasteiger partial charge in [0, 0.05) is 19.0 Å². The Bertz CT molecular complexity index is 470. The molecule has 1 aromatic rings. The van der Waals surface area contributed by atoms with Crippen LogP contribution >= 0.6 is 0 Å². The number of carbonyl (C=O) groups excluding carboxylic acids is 1. The number of benzene rings is 1. The number of likely N-dealkylation sites (N-methyl/N-ethyl adjacent to an activating group) is 1. The number of hydrogen-bond acceptors (Lipinski definition) is 3. The zero-order chi connectivity index (χ0) is 15.2. The topological polar surface area (TPSA) is 41.6 Å². The van der Waals surface area contributed by atoms with E-state index in [2.05, 4.69) is 18.3 Å². The van der Waals surface area contributed by atoms with Crippen LogP contribution in [-0.2, 0) is 11.2 Å². The molecular weight excluding hydrogens is 264 g/mol. The Balaban J connectivity index is 1.98. The lowest BCUT2D eigenvalue weighted by Gasteiger charge is -2.31. The first kappa shape index (κ1) is 15.8. The number of carbonyl (C=O) groups is 1. The first-order valence-corrected chi connectivity index (χ1v) is 7.72. The van der Waals surface area contributed by atoms with Gasteiger partial charge in [0.25, 0.3) is 0 Å². The Morgan fingerprint density at radius 1 is 1.38 bits per heavy atom. The second-order valence-corrected chi connectivity index (χ2v) is 5.84. The lowest BCUT2D eigenvalue weighted by Crippen LogP contribution is -2.43. The van der Waals surface area contributed by atoms with Gasteiger partial charge in [0.1, 0.15) is 5.75 Å². The fourth-order valence-corrected chi connectivity index (χ4v) is 2.90. The first-order chi connectivity index (χ1) is 10.1. The zero-order valence-corrected chi connectivity index (χ0v) is 13.3. The lowest BCUT2D eigenvalue weighted by molar-refractivity contribution is -0.136. The molecule has 1 N–H and O–H groups in total. The van der Waals surface area contributed by atoms with E-state index < -0.39 is 0 Å². The Kier molecular flexibility index (Phi) is 5.62. The van der Waals surface area contributed by atoms with Gasteiger partial charge >= 0.3 is 0 Å². The Labute approximate surface area is 127 Å². The van der Waals surface area contributed by atoms with Crippen molar-refractivity contribution < 1.29 is 9.53 Å². The summed E-state index contributed by atoms with van der Waals surface area (Å²) in [5.74, 6) is 1.35. The molecule has 0 aromatic heterocycles. The van der Waals surface area contributed by atoms with E-state index in [4.69, 9.17) is 4.74 Å². The van der Waals surface area contributed by atoms with Gasteiger partial charge in [-0.05, 0) is 50.9 Å². The summed E-state index contributed by atoms with van der Waals surface area (Å²) >= 11 is 0. The summed E-state index contributed by atoms with van der Waals surface area (Å²) in [6, 6.07) is 8.19. The van der Waals surface area contributed by atoms with Crippen LogP contribution < -0.4 is 10.1 Å². The van der Waals surface area contributed by atoms with Crippen LogP contribution in [-0.4, -0.2) is 44.1 Å². The van der Waals surface area contributed by atoms with Crippen molar-refractivity contribution in [2.75, 3.05) is 27.2 Å². The standard InChI is InChI=1S/C17H26N2O2/c1-13(12-15-6-4-5-7-16(15)21-3)19(2)17(20)14-8-10-18-11-9-14/h4-7,13-14,18H,8-12H2,1-3H3.